The molecule has 0 fully saturated rings. The molecule has 0 unspecified atom stereocenters. The first-order valence-corrected chi connectivity index (χ1v) is 9.28. The summed E-state index contributed by atoms with van der Waals surface area (Å²) in [7, 11) is 1.56. The number of hydrogen-bond donors (Lipinski definition) is 2. The predicted molar refractivity (Wildman–Crippen MR) is 104 cm³/mol. The van der Waals surface area contributed by atoms with Crippen LogP contribution in [0.15, 0.2) is 47.6 Å². The summed E-state index contributed by atoms with van der Waals surface area (Å²) in [4.78, 5) is 33.2. The van der Waals surface area contributed by atoms with Crippen LogP contribution in [0, 0.1) is 12.7 Å². The second-order valence-electron chi connectivity index (χ2n) is 6.16. The van der Waals surface area contributed by atoms with Gasteiger partial charge in [-0.25, -0.2) is 9.37 Å². The lowest BCUT2D eigenvalue weighted by atomic mass is 10.2. The van der Waals surface area contributed by atoms with E-state index in [0.717, 1.165) is 16.6 Å². The van der Waals surface area contributed by atoms with Crippen LogP contribution in [0.2, 0.25) is 0 Å². The molecule has 27 heavy (non-hydrogen) atoms. The first-order valence-electron chi connectivity index (χ1n) is 8.29. The Labute approximate surface area is 160 Å². The minimum atomic E-state index is -0.377. The lowest BCUT2D eigenvalue weighted by molar-refractivity contribution is -0.131. The zero-order valence-electron chi connectivity index (χ0n) is 15.0. The van der Waals surface area contributed by atoms with E-state index in [-0.39, 0.29) is 29.9 Å². The highest BCUT2D eigenvalue weighted by Crippen LogP contribution is 2.20. The van der Waals surface area contributed by atoms with Gasteiger partial charge < -0.3 is 15.2 Å². The van der Waals surface area contributed by atoms with Crippen LogP contribution in [-0.2, 0) is 9.59 Å². The number of rotatable bonds is 6. The molecule has 0 aliphatic carbocycles. The molecular weight excluding hydrogens is 367 g/mol. The van der Waals surface area contributed by atoms with E-state index < -0.39 is 0 Å². The van der Waals surface area contributed by atoms with E-state index in [2.05, 4.69) is 15.3 Å². The van der Waals surface area contributed by atoms with E-state index >= 15 is 0 Å². The van der Waals surface area contributed by atoms with Crippen molar-refractivity contribution in [1.29, 1.82) is 0 Å². The Balaban J connectivity index is 1.50. The molecule has 0 radical (unpaired) electrons. The number of carbonyl (C=O) groups excluding carboxylic acids is 2. The van der Waals surface area contributed by atoms with Gasteiger partial charge in [0, 0.05) is 12.7 Å². The van der Waals surface area contributed by atoms with E-state index in [1.165, 1.54) is 40.9 Å². The van der Waals surface area contributed by atoms with Crippen molar-refractivity contribution in [2.24, 2.45) is 0 Å². The smallest absolute Gasteiger partial charge is 0.243 e. The van der Waals surface area contributed by atoms with E-state index in [1.807, 2.05) is 25.1 Å². The van der Waals surface area contributed by atoms with Crippen LogP contribution in [0.4, 0.5) is 10.1 Å². The molecule has 3 aromatic rings. The summed E-state index contributed by atoms with van der Waals surface area (Å²) in [5.74, 6) is -0.746. The van der Waals surface area contributed by atoms with Crippen molar-refractivity contribution in [3.8, 4) is 0 Å². The minimum Gasteiger partial charge on any atom is -0.336 e. The summed E-state index contributed by atoms with van der Waals surface area (Å²) in [5.41, 5.74) is 3.39. The molecule has 140 valence electrons. The number of benzene rings is 2. The van der Waals surface area contributed by atoms with Crippen LogP contribution >= 0.6 is 11.8 Å². The van der Waals surface area contributed by atoms with E-state index in [0.29, 0.717) is 10.8 Å². The fraction of sp³-hybridized carbons (Fsp3) is 0.211. The molecule has 8 heteroatoms. The number of nitrogens with one attached hydrogen (secondary N) is 2. The molecule has 3 rings (SSSR count). The number of hydrogen-bond acceptors (Lipinski definition) is 4. The number of aryl methyl sites for hydroxylation is 1. The summed E-state index contributed by atoms with van der Waals surface area (Å²) in [6.07, 6.45) is 0. The Morgan fingerprint density at radius 2 is 1.96 bits per heavy atom. The van der Waals surface area contributed by atoms with Crippen molar-refractivity contribution in [3.05, 3.63) is 53.8 Å². The summed E-state index contributed by atoms with van der Waals surface area (Å²) in [5, 5.41) is 3.29. The number of anilines is 1. The number of aromatic amines is 1. The zero-order chi connectivity index (χ0) is 19.4. The third kappa shape index (κ3) is 5.07. The summed E-state index contributed by atoms with van der Waals surface area (Å²) >= 11 is 1.29. The van der Waals surface area contributed by atoms with Crippen molar-refractivity contribution in [3.63, 3.8) is 0 Å². The van der Waals surface area contributed by atoms with Crippen LogP contribution in [-0.4, -0.2) is 46.0 Å². The van der Waals surface area contributed by atoms with Crippen LogP contribution in [0.3, 0.4) is 0 Å². The Morgan fingerprint density at radius 3 is 2.70 bits per heavy atom. The summed E-state index contributed by atoms with van der Waals surface area (Å²) in [6, 6.07) is 11.4. The van der Waals surface area contributed by atoms with Gasteiger partial charge in [0.1, 0.15) is 5.82 Å². The number of likely N-dealkylation sites (N-methyl/N-ethyl adjacent to an activating group) is 1. The number of imidazole rings is 1. The van der Waals surface area contributed by atoms with Crippen LogP contribution < -0.4 is 5.32 Å². The normalized spacial score (nSPS) is 10.8. The Morgan fingerprint density at radius 1 is 1.22 bits per heavy atom. The highest BCUT2D eigenvalue weighted by atomic mass is 32.2. The number of halogens is 1. The van der Waals surface area contributed by atoms with Crippen LogP contribution in [0.1, 0.15) is 5.56 Å². The molecule has 2 amide bonds. The molecular formula is C19H19FN4O2S. The first-order chi connectivity index (χ1) is 12.9. The number of carbonyl (C=O) groups is 2. The Bertz CT molecular complexity index is 972. The number of H-pyrrole nitrogens is 1. The van der Waals surface area contributed by atoms with Gasteiger partial charge in [0.25, 0.3) is 0 Å². The van der Waals surface area contributed by atoms with Gasteiger partial charge in [0.05, 0.1) is 23.3 Å². The molecule has 0 saturated heterocycles. The highest BCUT2D eigenvalue weighted by Gasteiger charge is 2.14. The van der Waals surface area contributed by atoms with Gasteiger partial charge in [0.15, 0.2) is 5.16 Å². The van der Waals surface area contributed by atoms with Gasteiger partial charge in [0.2, 0.25) is 11.8 Å². The van der Waals surface area contributed by atoms with Crippen LogP contribution in [0.5, 0.6) is 0 Å². The molecule has 0 bridgehead atoms. The van der Waals surface area contributed by atoms with Gasteiger partial charge in [-0.15, -0.1) is 0 Å². The molecule has 6 nitrogen and oxygen atoms in total. The fourth-order valence-corrected chi connectivity index (χ4v) is 3.27. The quantitative estimate of drug-likeness (QED) is 0.638. The van der Waals surface area contributed by atoms with Crippen LogP contribution in [0.25, 0.3) is 11.0 Å². The molecule has 0 aliphatic heterocycles. The van der Waals surface area contributed by atoms with Crippen molar-refractivity contribution >= 4 is 40.3 Å². The van der Waals surface area contributed by atoms with Crippen molar-refractivity contribution < 1.29 is 14.0 Å². The van der Waals surface area contributed by atoms with Gasteiger partial charge in [-0.1, -0.05) is 17.8 Å². The maximum Gasteiger partial charge on any atom is 0.243 e. The lowest BCUT2D eigenvalue weighted by Gasteiger charge is -2.16. The van der Waals surface area contributed by atoms with Crippen molar-refractivity contribution in [2.75, 3.05) is 24.7 Å². The van der Waals surface area contributed by atoms with Crippen molar-refractivity contribution in [1.82, 2.24) is 14.9 Å². The maximum atomic E-state index is 12.9. The van der Waals surface area contributed by atoms with E-state index in [1.54, 1.807) is 7.05 Å². The second-order valence-corrected chi connectivity index (χ2v) is 7.12. The summed E-state index contributed by atoms with van der Waals surface area (Å²) in [6.45, 7) is 1.92. The first kappa shape index (κ1) is 18.9. The van der Waals surface area contributed by atoms with Gasteiger partial charge >= 0.3 is 0 Å². The Hall–Kier alpha value is -2.87. The third-order valence-electron chi connectivity index (χ3n) is 3.88. The van der Waals surface area contributed by atoms with E-state index in [9.17, 15) is 14.0 Å². The van der Waals surface area contributed by atoms with Gasteiger partial charge in [-0.3, -0.25) is 9.59 Å². The molecule has 2 aromatic carbocycles. The molecule has 0 saturated carbocycles. The number of nitrogens with zero attached hydrogens (tertiary/aromatic N) is 2. The SMILES string of the molecule is Cc1ccc2nc(SCC(=O)N(C)CC(=O)Nc3ccc(F)cc3)[nH]c2c1. The molecule has 0 aliphatic rings. The average molecular weight is 386 g/mol. The maximum absolute atomic E-state index is 12.9. The zero-order valence-corrected chi connectivity index (χ0v) is 15.8. The summed E-state index contributed by atoms with van der Waals surface area (Å²) < 4.78 is 12.9. The number of fused-ring (bicyclic) bond motifs is 1. The van der Waals surface area contributed by atoms with Gasteiger partial charge in [-0.05, 0) is 48.9 Å². The van der Waals surface area contributed by atoms with Crippen molar-refractivity contribution in [2.45, 2.75) is 12.1 Å². The average Bonchev–Trinajstić information content (AvgIpc) is 3.03. The third-order valence-corrected chi connectivity index (χ3v) is 4.74. The second kappa shape index (κ2) is 8.22. The molecule has 2 N–H and O–H groups in total. The topological polar surface area (TPSA) is 78.1 Å². The molecule has 1 aromatic heterocycles. The highest BCUT2D eigenvalue weighted by molar-refractivity contribution is 7.99. The largest absolute Gasteiger partial charge is 0.336 e. The predicted octanol–water partition coefficient (Wildman–Crippen LogP) is 3.20. The molecule has 0 spiro atoms. The standard InChI is InChI=1S/C19H19FN4O2S/c1-12-3-8-15-16(9-12)23-19(22-15)27-11-18(26)24(2)10-17(25)21-14-6-4-13(20)5-7-14/h3-9H,10-11H2,1-2H3,(H,21,25)(H,22,23). The number of thioether (sulfide) groups is 1. The Kier molecular flexibility index (Phi) is 5.75. The van der Waals surface area contributed by atoms with Gasteiger partial charge in [-0.2, -0.15) is 0 Å². The minimum absolute atomic E-state index is 0.0872. The lowest BCUT2D eigenvalue weighted by Crippen LogP contribution is -2.35. The fourth-order valence-electron chi connectivity index (χ4n) is 2.45. The number of amides is 2. The molecule has 0 atom stereocenters. The molecule has 1 heterocycles. The monoisotopic (exact) mass is 386 g/mol. The number of aromatic nitrogens is 2. The van der Waals surface area contributed by atoms with E-state index in [4.69, 9.17) is 0 Å².